The van der Waals surface area contributed by atoms with Crippen LogP contribution in [-0.2, 0) is 14.3 Å². The van der Waals surface area contributed by atoms with E-state index < -0.39 is 36.7 Å². The van der Waals surface area contributed by atoms with E-state index in [0.29, 0.717) is 11.1 Å². The Bertz CT molecular complexity index is 1200. The van der Waals surface area contributed by atoms with Gasteiger partial charge in [0.2, 0.25) is 6.29 Å². The first-order valence-corrected chi connectivity index (χ1v) is 10.1. The summed E-state index contributed by atoms with van der Waals surface area (Å²) in [4.78, 5) is 23.9. The lowest BCUT2D eigenvalue weighted by molar-refractivity contribution is -0.278. The fraction of sp³-hybridized carbons (Fsp3) is 0.304. The Balaban J connectivity index is 1.57. The van der Waals surface area contributed by atoms with E-state index in [0.717, 1.165) is 0 Å². The van der Waals surface area contributed by atoms with E-state index in [1.165, 1.54) is 43.5 Å². The highest BCUT2D eigenvalue weighted by molar-refractivity contribution is 5.82. The van der Waals surface area contributed by atoms with Crippen molar-refractivity contribution in [3.8, 4) is 22.6 Å². The number of fused-ring (bicyclic) bond motifs is 1. The molecule has 1 aliphatic rings. The van der Waals surface area contributed by atoms with Gasteiger partial charge in [0.05, 0.1) is 10.9 Å². The number of hydrogen-bond donors (Lipinski definition) is 4. The van der Waals surface area contributed by atoms with Crippen molar-refractivity contribution in [2.24, 2.45) is 0 Å². The van der Waals surface area contributed by atoms with Gasteiger partial charge in [-0.1, -0.05) is 12.1 Å². The molecule has 5 atom stereocenters. The summed E-state index contributed by atoms with van der Waals surface area (Å²) in [6.45, 7) is 0.844. The van der Waals surface area contributed by atoms with Crippen LogP contribution < -0.4 is 10.2 Å². The molecular weight excluding hydrogens is 436 g/mol. The van der Waals surface area contributed by atoms with Crippen molar-refractivity contribution in [1.82, 2.24) is 0 Å². The summed E-state index contributed by atoms with van der Waals surface area (Å²) in [6.07, 6.45) is -5.90. The predicted molar refractivity (Wildman–Crippen MR) is 114 cm³/mol. The third-order valence-corrected chi connectivity index (χ3v) is 5.30. The van der Waals surface area contributed by atoms with E-state index in [1.807, 2.05) is 0 Å². The molecule has 3 aromatic rings. The van der Waals surface area contributed by atoms with Gasteiger partial charge in [-0.2, -0.15) is 0 Å². The Hall–Kier alpha value is -3.44. The van der Waals surface area contributed by atoms with E-state index in [1.54, 1.807) is 12.1 Å². The predicted octanol–water partition coefficient (Wildman–Crippen LogP) is 0.915. The highest BCUT2D eigenvalue weighted by Gasteiger charge is 2.45. The van der Waals surface area contributed by atoms with Gasteiger partial charge in [0.1, 0.15) is 54.4 Å². The van der Waals surface area contributed by atoms with Gasteiger partial charge in [0.15, 0.2) is 5.43 Å². The van der Waals surface area contributed by atoms with Crippen LogP contribution in [-0.4, -0.2) is 63.7 Å². The van der Waals surface area contributed by atoms with Crippen LogP contribution in [0.3, 0.4) is 0 Å². The molecule has 33 heavy (non-hydrogen) atoms. The van der Waals surface area contributed by atoms with Crippen molar-refractivity contribution in [2.45, 2.75) is 37.6 Å². The number of aliphatic hydroxyl groups is 3. The lowest BCUT2D eigenvalue weighted by Gasteiger charge is -2.39. The molecular formula is C23H22O10. The van der Waals surface area contributed by atoms with Crippen molar-refractivity contribution in [1.29, 1.82) is 0 Å². The maximum atomic E-state index is 12.9. The van der Waals surface area contributed by atoms with Crippen LogP contribution in [0.4, 0.5) is 0 Å². The summed E-state index contributed by atoms with van der Waals surface area (Å²) in [5.74, 6) is -0.354. The molecule has 1 aliphatic heterocycles. The standard InChI is InChI=1S/C23H22O10/c1-11(24)30-10-18-20(27)21(28)22(29)23(33-18)32-14-6-7-15-17(8-14)31-9-16(19(15)26)12-2-4-13(25)5-3-12/h2-9,18,20-23,25,27-29H,10H2,1H3/t18-,20-,21+,22+,23+/m0/s1. The maximum absolute atomic E-state index is 12.9. The zero-order valence-electron chi connectivity index (χ0n) is 17.5. The van der Waals surface area contributed by atoms with Gasteiger partial charge in [-0.25, -0.2) is 0 Å². The van der Waals surface area contributed by atoms with Gasteiger partial charge in [-0.05, 0) is 29.8 Å². The number of hydrogen-bond acceptors (Lipinski definition) is 10. The highest BCUT2D eigenvalue weighted by atomic mass is 16.7. The van der Waals surface area contributed by atoms with Crippen LogP contribution in [0.1, 0.15) is 6.92 Å². The molecule has 0 radical (unpaired) electrons. The largest absolute Gasteiger partial charge is 0.508 e. The second-order valence-corrected chi connectivity index (χ2v) is 7.62. The summed E-state index contributed by atoms with van der Waals surface area (Å²) in [7, 11) is 0. The number of phenols is 1. The second kappa shape index (κ2) is 9.20. The molecule has 2 aromatic carbocycles. The summed E-state index contributed by atoms with van der Waals surface area (Å²) < 4.78 is 21.5. The topological polar surface area (TPSA) is 156 Å². The summed E-state index contributed by atoms with van der Waals surface area (Å²) in [6, 6.07) is 10.5. The molecule has 0 aliphatic carbocycles. The molecule has 1 aromatic heterocycles. The number of rotatable bonds is 5. The van der Waals surface area contributed by atoms with Crippen LogP contribution in [0.25, 0.3) is 22.1 Å². The Labute approximate surface area is 187 Å². The minimum atomic E-state index is -1.60. The number of carbonyl (C=O) groups excluding carboxylic acids is 1. The average molecular weight is 458 g/mol. The van der Waals surface area contributed by atoms with Gasteiger partial charge in [-0.15, -0.1) is 0 Å². The fourth-order valence-electron chi connectivity index (χ4n) is 3.51. The van der Waals surface area contributed by atoms with Crippen LogP contribution >= 0.6 is 0 Å². The highest BCUT2D eigenvalue weighted by Crippen LogP contribution is 2.28. The first kappa shape index (κ1) is 22.7. The van der Waals surface area contributed by atoms with E-state index >= 15 is 0 Å². The lowest BCUT2D eigenvalue weighted by atomic mass is 9.99. The Kier molecular flexibility index (Phi) is 6.34. The van der Waals surface area contributed by atoms with Crippen LogP contribution in [0.2, 0.25) is 0 Å². The number of aliphatic hydroxyl groups excluding tert-OH is 3. The average Bonchev–Trinajstić information content (AvgIpc) is 2.79. The van der Waals surface area contributed by atoms with Gasteiger partial charge in [-0.3, -0.25) is 9.59 Å². The quantitative estimate of drug-likeness (QED) is 0.405. The number of phenolic OH excluding ortho intramolecular Hbond substituents is 1. The second-order valence-electron chi connectivity index (χ2n) is 7.62. The molecule has 0 unspecified atom stereocenters. The molecule has 1 fully saturated rings. The minimum absolute atomic E-state index is 0.0746. The normalized spacial score (nSPS) is 25.0. The summed E-state index contributed by atoms with van der Waals surface area (Å²) in [5.41, 5.74) is 0.811. The molecule has 10 nitrogen and oxygen atoms in total. The van der Waals surface area contributed by atoms with Gasteiger partial charge in [0.25, 0.3) is 0 Å². The van der Waals surface area contributed by atoms with E-state index in [4.69, 9.17) is 18.6 Å². The van der Waals surface area contributed by atoms with Gasteiger partial charge in [0, 0.05) is 13.0 Å². The number of benzene rings is 2. The Morgan fingerprint density at radius 1 is 1.03 bits per heavy atom. The smallest absolute Gasteiger partial charge is 0.302 e. The Morgan fingerprint density at radius 2 is 1.76 bits per heavy atom. The van der Waals surface area contributed by atoms with E-state index in [9.17, 15) is 30.0 Å². The molecule has 1 saturated heterocycles. The van der Waals surface area contributed by atoms with Crippen molar-refractivity contribution in [2.75, 3.05) is 6.61 Å². The van der Waals surface area contributed by atoms with E-state index in [-0.39, 0.29) is 34.5 Å². The number of carbonyl (C=O) groups is 1. The first-order chi connectivity index (χ1) is 15.7. The SMILES string of the molecule is CC(=O)OC[C@@H]1O[C@@H](Oc2ccc3c(=O)c(-c4ccc(O)cc4)coc3c2)[C@H](O)[C@H](O)[C@H]1O. The molecule has 0 bridgehead atoms. The zero-order valence-corrected chi connectivity index (χ0v) is 17.5. The number of aromatic hydroxyl groups is 1. The Morgan fingerprint density at radius 3 is 2.45 bits per heavy atom. The van der Waals surface area contributed by atoms with Crippen LogP contribution in [0.15, 0.2) is 57.9 Å². The zero-order chi connectivity index (χ0) is 23.7. The van der Waals surface area contributed by atoms with Gasteiger partial charge >= 0.3 is 5.97 Å². The van der Waals surface area contributed by atoms with Crippen LogP contribution in [0.5, 0.6) is 11.5 Å². The fourth-order valence-corrected chi connectivity index (χ4v) is 3.51. The molecule has 4 rings (SSSR count). The number of esters is 1. The van der Waals surface area contributed by atoms with Crippen molar-refractivity contribution in [3.63, 3.8) is 0 Å². The minimum Gasteiger partial charge on any atom is -0.508 e. The molecule has 2 heterocycles. The van der Waals surface area contributed by atoms with Gasteiger partial charge < -0.3 is 39.1 Å². The lowest BCUT2D eigenvalue weighted by Crippen LogP contribution is -2.60. The van der Waals surface area contributed by atoms with Crippen molar-refractivity contribution >= 4 is 16.9 Å². The molecule has 174 valence electrons. The van der Waals surface area contributed by atoms with Crippen molar-refractivity contribution in [3.05, 3.63) is 59.0 Å². The third-order valence-electron chi connectivity index (χ3n) is 5.30. The summed E-state index contributed by atoms with van der Waals surface area (Å²) >= 11 is 0. The summed E-state index contributed by atoms with van der Waals surface area (Å²) in [5, 5.41) is 40.1. The third kappa shape index (κ3) is 4.69. The number of ether oxygens (including phenoxy) is 3. The monoisotopic (exact) mass is 458 g/mol. The molecule has 0 amide bonds. The molecule has 0 spiro atoms. The van der Waals surface area contributed by atoms with Crippen molar-refractivity contribution < 1.29 is 43.8 Å². The van der Waals surface area contributed by atoms with E-state index in [2.05, 4.69) is 0 Å². The van der Waals surface area contributed by atoms with Crippen LogP contribution in [0, 0.1) is 0 Å². The molecule has 0 saturated carbocycles. The maximum Gasteiger partial charge on any atom is 0.302 e. The first-order valence-electron chi connectivity index (χ1n) is 10.1. The molecule has 4 N–H and O–H groups in total. The molecule has 10 heteroatoms.